The molecule has 1 atom stereocenters. The largest absolute Gasteiger partial charge is 0.473 e. The molecule has 0 radical (unpaired) electrons. The van der Waals surface area contributed by atoms with E-state index in [1.165, 1.54) is 10.1 Å². The summed E-state index contributed by atoms with van der Waals surface area (Å²) in [5.41, 5.74) is 2.86. The van der Waals surface area contributed by atoms with Gasteiger partial charge in [-0.25, -0.2) is 14.8 Å². The highest BCUT2D eigenvalue weighted by Crippen LogP contribution is 2.24. The third-order valence-electron chi connectivity index (χ3n) is 4.62. The van der Waals surface area contributed by atoms with E-state index in [1.54, 1.807) is 14.1 Å². The third-order valence-corrected chi connectivity index (χ3v) is 4.62. The summed E-state index contributed by atoms with van der Waals surface area (Å²) >= 11 is 0. The number of rotatable bonds is 7. The molecule has 2 amide bonds. The van der Waals surface area contributed by atoms with E-state index in [2.05, 4.69) is 36.3 Å². The van der Waals surface area contributed by atoms with Gasteiger partial charge in [-0.3, -0.25) is 5.84 Å². The number of anilines is 1. The van der Waals surface area contributed by atoms with Gasteiger partial charge in [0.05, 0.1) is 6.04 Å². The molecular weight excluding hydrogens is 342 g/mol. The number of nitrogens with two attached hydrogens (primary N) is 1. The Morgan fingerprint density at radius 1 is 1.37 bits per heavy atom. The molecule has 1 aliphatic rings. The Hall–Kier alpha value is -2.38. The number of dihydropyridines is 1. The smallest absolute Gasteiger partial charge is 0.337 e. The second-order valence-corrected chi connectivity index (χ2v) is 6.68. The molecule has 0 bridgehead atoms. The number of carbonyl (C=O) groups excluding carboxylic acids is 1. The van der Waals surface area contributed by atoms with Crippen molar-refractivity contribution in [3.63, 3.8) is 0 Å². The second kappa shape index (κ2) is 10.1. The molecule has 1 heterocycles. The monoisotopic (exact) mass is 373 g/mol. The van der Waals surface area contributed by atoms with E-state index in [0.717, 1.165) is 42.5 Å². The molecule has 0 spiro atoms. The van der Waals surface area contributed by atoms with Gasteiger partial charge in [-0.2, -0.15) is 5.12 Å². The molecule has 7 heteroatoms. The Bertz CT molecular complexity index is 700. The van der Waals surface area contributed by atoms with Gasteiger partial charge in [0.1, 0.15) is 6.61 Å². The number of carbonyl (C=O) groups is 1. The van der Waals surface area contributed by atoms with Crippen LogP contribution >= 0.6 is 0 Å². The molecule has 2 rings (SSSR count). The van der Waals surface area contributed by atoms with Crippen LogP contribution in [-0.2, 0) is 17.8 Å². The first-order valence-electron chi connectivity index (χ1n) is 9.47. The normalized spacial score (nSPS) is 16.2. The number of nitrogens with zero attached hydrogens (tertiary/aromatic N) is 3. The summed E-state index contributed by atoms with van der Waals surface area (Å²) in [6.07, 6.45) is 7.89. The fraction of sp³-hybridized carbons (Fsp3) is 0.500. The Balaban J connectivity index is 2.20. The highest BCUT2D eigenvalue weighted by molar-refractivity contribution is 5.90. The molecule has 1 aromatic carbocycles. The van der Waals surface area contributed by atoms with Crippen molar-refractivity contribution < 1.29 is 9.53 Å². The molecule has 0 saturated carbocycles. The predicted molar refractivity (Wildman–Crippen MR) is 109 cm³/mol. The van der Waals surface area contributed by atoms with Crippen LogP contribution in [0.5, 0.6) is 0 Å². The van der Waals surface area contributed by atoms with E-state index in [1.807, 2.05) is 18.2 Å². The first kappa shape index (κ1) is 20.9. The van der Waals surface area contributed by atoms with Crippen molar-refractivity contribution in [3.8, 4) is 0 Å². The summed E-state index contributed by atoms with van der Waals surface area (Å²) in [4.78, 5) is 17.0. The maximum absolute atomic E-state index is 12.4. The van der Waals surface area contributed by atoms with Gasteiger partial charge in [0.15, 0.2) is 0 Å². The highest BCUT2D eigenvalue weighted by Gasteiger charge is 2.16. The third kappa shape index (κ3) is 5.80. The molecule has 148 valence electrons. The van der Waals surface area contributed by atoms with Crippen LogP contribution in [0.15, 0.2) is 35.3 Å². The zero-order valence-corrected chi connectivity index (χ0v) is 16.7. The first-order valence-corrected chi connectivity index (χ1v) is 9.47. The number of aryl methyl sites for hydroxylation is 1. The van der Waals surface area contributed by atoms with Crippen LogP contribution in [0.1, 0.15) is 44.2 Å². The lowest BCUT2D eigenvalue weighted by Crippen LogP contribution is -2.47. The van der Waals surface area contributed by atoms with Crippen LogP contribution in [0.4, 0.5) is 10.5 Å². The summed E-state index contributed by atoms with van der Waals surface area (Å²) < 4.78 is 5.98. The Kier molecular flexibility index (Phi) is 7.82. The number of nitrogens with one attached hydrogen (secondary N) is 1. The molecule has 0 fully saturated rings. The van der Waals surface area contributed by atoms with Gasteiger partial charge in [-0.15, -0.1) is 0 Å². The summed E-state index contributed by atoms with van der Waals surface area (Å²) in [5.74, 6) is 6.29. The number of benzene rings is 1. The lowest BCUT2D eigenvalue weighted by atomic mass is 10.0. The summed E-state index contributed by atoms with van der Waals surface area (Å²) in [6, 6.07) is 5.87. The molecule has 0 saturated heterocycles. The number of hydrogen-bond acceptors (Lipinski definition) is 5. The maximum Gasteiger partial charge on any atom is 0.337 e. The minimum Gasteiger partial charge on any atom is -0.473 e. The minimum atomic E-state index is -0.309. The average Bonchev–Trinajstić information content (AvgIpc) is 2.67. The molecule has 1 aromatic rings. The van der Waals surface area contributed by atoms with Crippen LogP contribution in [0.25, 0.3) is 0 Å². The number of ether oxygens (including phenoxy) is 1. The molecule has 27 heavy (non-hydrogen) atoms. The van der Waals surface area contributed by atoms with E-state index in [4.69, 9.17) is 10.6 Å². The SMILES string of the molecule is CCCc1cccc(NC(=O)N(C)N(C)N)c1COC1=NC(CC)CC=C1. The van der Waals surface area contributed by atoms with Crippen LogP contribution in [0, 0.1) is 0 Å². The van der Waals surface area contributed by atoms with Crippen LogP contribution in [-0.4, -0.2) is 42.2 Å². The fourth-order valence-electron chi connectivity index (χ4n) is 2.86. The molecular formula is C20H31N5O2. The van der Waals surface area contributed by atoms with Crippen molar-refractivity contribution in [1.82, 2.24) is 10.1 Å². The van der Waals surface area contributed by atoms with Crippen molar-refractivity contribution in [2.24, 2.45) is 10.8 Å². The highest BCUT2D eigenvalue weighted by atomic mass is 16.5. The van der Waals surface area contributed by atoms with Crippen molar-refractivity contribution in [2.75, 3.05) is 19.4 Å². The molecule has 1 unspecified atom stereocenters. The molecule has 0 aliphatic carbocycles. The quantitative estimate of drug-likeness (QED) is 0.566. The van der Waals surface area contributed by atoms with Crippen molar-refractivity contribution in [2.45, 2.75) is 52.2 Å². The second-order valence-electron chi connectivity index (χ2n) is 6.68. The Labute approximate surface area is 161 Å². The standard InChI is InChI=1S/C20H31N5O2/c1-5-9-15-10-7-12-18(23-20(26)24(3)25(4)21)17(15)14-27-19-13-8-11-16(6-2)22-19/h7-8,10,12-13,16H,5-6,9,11,14,21H2,1-4H3,(H,23,26). The number of aliphatic imine (C=N–C) groups is 1. The maximum atomic E-state index is 12.4. The van der Waals surface area contributed by atoms with Crippen molar-refractivity contribution in [1.29, 1.82) is 0 Å². The van der Waals surface area contributed by atoms with E-state index in [0.29, 0.717) is 12.5 Å². The van der Waals surface area contributed by atoms with E-state index < -0.39 is 0 Å². The number of amides is 2. The zero-order valence-electron chi connectivity index (χ0n) is 16.7. The Morgan fingerprint density at radius 3 is 2.81 bits per heavy atom. The van der Waals surface area contributed by atoms with E-state index in [-0.39, 0.29) is 12.1 Å². The summed E-state index contributed by atoms with van der Waals surface area (Å²) in [7, 11) is 3.21. The number of hydrogen-bond donors (Lipinski definition) is 2. The van der Waals surface area contributed by atoms with Gasteiger partial charge in [0, 0.05) is 25.3 Å². The van der Waals surface area contributed by atoms with Crippen LogP contribution < -0.4 is 11.2 Å². The number of hydrazine groups is 2. The summed E-state index contributed by atoms with van der Waals surface area (Å²) in [6.45, 7) is 4.61. The molecule has 3 N–H and O–H groups in total. The van der Waals surface area contributed by atoms with Gasteiger partial charge < -0.3 is 10.1 Å². The Morgan fingerprint density at radius 2 is 2.15 bits per heavy atom. The van der Waals surface area contributed by atoms with Crippen molar-refractivity contribution >= 4 is 17.6 Å². The van der Waals surface area contributed by atoms with Gasteiger partial charge in [-0.1, -0.05) is 38.5 Å². The molecule has 0 aromatic heterocycles. The van der Waals surface area contributed by atoms with E-state index >= 15 is 0 Å². The average molecular weight is 374 g/mol. The fourth-order valence-corrected chi connectivity index (χ4v) is 2.86. The van der Waals surface area contributed by atoms with Crippen LogP contribution in [0.2, 0.25) is 0 Å². The minimum absolute atomic E-state index is 0.281. The van der Waals surface area contributed by atoms with Crippen LogP contribution in [0.3, 0.4) is 0 Å². The van der Waals surface area contributed by atoms with Gasteiger partial charge in [0.2, 0.25) is 5.90 Å². The number of urea groups is 1. The van der Waals surface area contributed by atoms with Gasteiger partial charge in [0.25, 0.3) is 0 Å². The van der Waals surface area contributed by atoms with Gasteiger partial charge >= 0.3 is 6.03 Å². The molecule has 7 nitrogen and oxygen atoms in total. The summed E-state index contributed by atoms with van der Waals surface area (Å²) in [5, 5.41) is 5.46. The van der Waals surface area contributed by atoms with Crippen molar-refractivity contribution in [3.05, 3.63) is 41.5 Å². The predicted octanol–water partition coefficient (Wildman–Crippen LogP) is 3.48. The lowest BCUT2D eigenvalue weighted by Gasteiger charge is -2.25. The zero-order chi connectivity index (χ0) is 19.8. The first-order chi connectivity index (χ1) is 13.0. The molecule has 1 aliphatic heterocycles. The lowest BCUT2D eigenvalue weighted by molar-refractivity contribution is 0.0705. The van der Waals surface area contributed by atoms with E-state index in [9.17, 15) is 4.79 Å². The topological polar surface area (TPSA) is 83.2 Å². The van der Waals surface area contributed by atoms with Gasteiger partial charge in [-0.05, 0) is 37.0 Å².